The molecule has 2 rings (SSSR count). The highest BCUT2D eigenvalue weighted by molar-refractivity contribution is 7.99. The van der Waals surface area contributed by atoms with Crippen LogP contribution in [-0.2, 0) is 11.3 Å². The number of ether oxygens (including phenoxy) is 1. The largest absolute Gasteiger partial charge is 0.497 e. The minimum absolute atomic E-state index is 0.130. The lowest BCUT2D eigenvalue weighted by Crippen LogP contribution is -3.08. The molecule has 0 saturated heterocycles. The summed E-state index contributed by atoms with van der Waals surface area (Å²) in [6, 6.07) is 14.1. The van der Waals surface area contributed by atoms with Gasteiger partial charge in [-0.3, -0.25) is 4.79 Å². The summed E-state index contributed by atoms with van der Waals surface area (Å²) in [6.07, 6.45) is 0. The fourth-order valence-corrected chi connectivity index (χ4v) is 2.89. The first-order valence-electron chi connectivity index (χ1n) is 7.75. The average molecular weight is 367 g/mol. The van der Waals surface area contributed by atoms with E-state index < -0.39 is 5.76 Å². The van der Waals surface area contributed by atoms with Crippen LogP contribution in [0.1, 0.15) is 5.56 Å². The number of hydrogen-bond donors (Lipinski definition) is 2. The quantitative estimate of drug-likeness (QED) is 0.705. The van der Waals surface area contributed by atoms with Gasteiger partial charge in [-0.2, -0.15) is 8.78 Å². The van der Waals surface area contributed by atoms with Gasteiger partial charge in [-0.25, -0.2) is 0 Å². The van der Waals surface area contributed by atoms with Gasteiger partial charge in [0.25, 0.3) is 11.7 Å². The Morgan fingerprint density at radius 3 is 2.60 bits per heavy atom. The Morgan fingerprint density at radius 1 is 1.24 bits per heavy atom. The number of benzene rings is 2. The van der Waals surface area contributed by atoms with Crippen molar-refractivity contribution in [3.63, 3.8) is 0 Å². The minimum atomic E-state index is -2.45. The van der Waals surface area contributed by atoms with Crippen LogP contribution in [0.15, 0.2) is 53.4 Å². The number of methoxy groups -OCH3 is 1. The molecule has 2 aromatic carbocycles. The zero-order valence-corrected chi connectivity index (χ0v) is 14.9. The Hall–Kier alpha value is -2.12. The molecule has 0 fully saturated rings. The zero-order chi connectivity index (χ0) is 18.2. The van der Waals surface area contributed by atoms with E-state index in [1.165, 1.54) is 0 Å². The summed E-state index contributed by atoms with van der Waals surface area (Å²) in [6.45, 7) is 0.985. The first kappa shape index (κ1) is 19.2. The van der Waals surface area contributed by atoms with Crippen molar-refractivity contribution in [2.45, 2.75) is 17.2 Å². The number of thioether (sulfide) groups is 1. The maximum atomic E-state index is 12.3. The SMILES string of the molecule is COc1cccc(C[NH+](C)CC(=O)Nc2ccc(SC(F)F)cc2)c1. The van der Waals surface area contributed by atoms with Crippen molar-refractivity contribution < 1.29 is 23.2 Å². The molecule has 4 nitrogen and oxygen atoms in total. The van der Waals surface area contributed by atoms with Gasteiger partial charge in [0.1, 0.15) is 12.3 Å². The number of rotatable bonds is 8. The van der Waals surface area contributed by atoms with Gasteiger partial charge in [0.15, 0.2) is 6.54 Å². The summed E-state index contributed by atoms with van der Waals surface area (Å²) in [5.41, 5.74) is 1.68. The van der Waals surface area contributed by atoms with Crippen molar-refractivity contribution in [3.8, 4) is 5.75 Å². The van der Waals surface area contributed by atoms with Gasteiger partial charge >= 0.3 is 0 Å². The summed E-state index contributed by atoms with van der Waals surface area (Å²) in [4.78, 5) is 13.6. The summed E-state index contributed by atoms with van der Waals surface area (Å²) in [5, 5.41) is 2.78. The molecule has 2 aromatic rings. The van der Waals surface area contributed by atoms with Gasteiger partial charge in [0.05, 0.1) is 14.2 Å². The lowest BCUT2D eigenvalue weighted by atomic mass is 10.2. The normalized spacial score (nSPS) is 12.0. The second kappa shape index (κ2) is 9.39. The van der Waals surface area contributed by atoms with Crippen LogP contribution in [0.25, 0.3) is 0 Å². The van der Waals surface area contributed by atoms with Gasteiger partial charge in [-0.05, 0) is 36.4 Å². The Labute approximate surface area is 150 Å². The van der Waals surface area contributed by atoms with Gasteiger partial charge in [-0.1, -0.05) is 23.9 Å². The van der Waals surface area contributed by atoms with Crippen LogP contribution in [0, 0.1) is 0 Å². The molecule has 0 saturated carbocycles. The zero-order valence-electron chi connectivity index (χ0n) is 14.1. The molecule has 25 heavy (non-hydrogen) atoms. The van der Waals surface area contributed by atoms with E-state index in [0.29, 0.717) is 35.4 Å². The second-order valence-corrected chi connectivity index (χ2v) is 6.68. The van der Waals surface area contributed by atoms with Crippen molar-refractivity contribution in [1.29, 1.82) is 0 Å². The highest BCUT2D eigenvalue weighted by Crippen LogP contribution is 2.26. The van der Waals surface area contributed by atoms with E-state index in [0.717, 1.165) is 16.2 Å². The summed E-state index contributed by atoms with van der Waals surface area (Å²) in [7, 11) is 3.55. The molecule has 2 N–H and O–H groups in total. The summed E-state index contributed by atoms with van der Waals surface area (Å²) < 4.78 is 29.8. The van der Waals surface area contributed by atoms with Crippen molar-refractivity contribution in [3.05, 3.63) is 54.1 Å². The molecule has 7 heteroatoms. The third-order valence-electron chi connectivity index (χ3n) is 3.47. The summed E-state index contributed by atoms with van der Waals surface area (Å²) >= 11 is 0.480. The number of nitrogens with one attached hydrogen (secondary N) is 2. The first-order chi connectivity index (χ1) is 12.0. The number of quaternary nitrogens is 1. The lowest BCUT2D eigenvalue weighted by molar-refractivity contribution is -0.885. The molecule has 0 radical (unpaired) electrons. The van der Waals surface area contributed by atoms with Gasteiger partial charge in [0, 0.05) is 16.1 Å². The monoisotopic (exact) mass is 367 g/mol. The fraction of sp³-hybridized carbons (Fsp3) is 0.278. The number of amides is 1. The number of halogens is 2. The number of carbonyl (C=O) groups is 1. The maximum Gasteiger partial charge on any atom is 0.288 e. The van der Waals surface area contributed by atoms with Crippen molar-refractivity contribution in [2.75, 3.05) is 26.0 Å². The van der Waals surface area contributed by atoms with E-state index in [1.807, 2.05) is 31.3 Å². The van der Waals surface area contributed by atoms with Crippen molar-refractivity contribution in [2.24, 2.45) is 0 Å². The third kappa shape index (κ3) is 6.72. The molecule has 0 aliphatic rings. The van der Waals surface area contributed by atoms with Gasteiger partial charge in [-0.15, -0.1) is 0 Å². The topological polar surface area (TPSA) is 42.8 Å². The molecular formula is C18H21F2N2O2S+. The molecule has 134 valence electrons. The Bertz CT molecular complexity index is 696. The second-order valence-electron chi connectivity index (χ2n) is 5.61. The van der Waals surface area contributed by atoms with Crippen LogP contribution < -0.4 is 15.0 Å². The van der Waals surface area contributed by atoms with E-state index in [4.69, 9.17) is 4.74 Å². The van der Waals surface area contributed by atoms with E-state index >= 15 is 0 Å². The predicted octanol–water partition coefficient (Wildman–Crippen LogP) is 2.66. The van der Waals surface area contributed by atoms with Crippen LogP contribution in [0.2, 0.25) is 0 Å². The number of likely N-dealkylation sites (N-methyl/N-ethyl adjacent to an activating group) is 1. The van der Waals surface area contributed by atoms with Crippen molar-refractivity contribution >= 4 is 23.4 Å². The van der Waals surface area contributed by atoms with E-state index in [2.05, 4.69) is 5.32 Å². The van der Waals surface area contributed by atoms with Crippen LogP contribution in [-0.4, -0.2) is 32.4 Å². The van der Waals surface area contributed by atoms with E-state index in [-0.39, 0.29) is 5.91 Å². The fourth-order valence-electron chi connectivity index (χ4n) is 2.39. The van der Waals surface area contributed by atoms with E-state index in [9.17, 15) is 13.6 Å². The molecule has 0 heterocycles. The first-order valence-corrected chi connectivity index (χ1v) is 8.63. The van der Waals surface area contributed by atoms with Crippen LogP contribution in [0.5, 0.6) is 5.75 Å². The summed E-state index contributed by atoms with van der Waals surface area (Å²) in [5.74, 6) is -1.79. The van der Waals surface area contributed by atoms with Crippen LogP contribution in [0.3, 0.4) is 0 Å². The third-order valence-corrected chi connectivity index (χ3v) is 4.19. The standard InChI is InChI=1S/C18H20F2N2O2S/c1-22(11-13-4-3-5-15(10-13)24-2)12-17(23)21-14-6-8-16(9-7-14)25-18(19)20/h3-10,18H,11-12H2,1-2H3,(H,21,23)/p+1. The minimum Gasteiger partial charge on any atom is -0.497 e. The number of carbonyl (C=O) groups excluding carboxylic acids is 1. The number of alkyl halides is 2. The molecular weight excluding hydrogens is 346 g/mol. The molecule has 0 aliphatic heterocycles. The Kier molecular flexibility index (Phi) is 7.21. The highest BCUT2D eigenvalue weighted by Gasteiger charge is 2.12. The number of anilines is 1. The van der Waals surface area contributed by atoms with Crippen molar-refractivity contribution in [1.82, 2.24) is 0 Å². The maximum absolute atomic E-state index is 12.3. The van der Waals surface area contributed by atoms with Crippen LogP contribution in [0.4, 0.5) is 14.5 Å². The lowest BCUT2D eigenvalue weighted by Gasteiger charge is -2.14. The van der Waals surface area contributed by atoms with Gasteiger partial charge < -0.3 is 15.0 Å². The highest BCUT2D eigenvalue weighted by atomic mass is 32.2. The molecule has 1 atom stereocenters. The molecule has 0 aromatic heterocycles. The smallest absolute Gasteiger partial charge is 0.288 e. The molecule has 1 unspecified atom stereocenters. The molecule has 0 spiro atoms. The Balaban J connectivity index is 1.84. The van der Waals surface area contributed by atoms with Crippen LogP contribution >= 0.6 is 11.8 Å². The van der Waals surface area contributed by atoms with Gasteiger partial charge in [0.2, 0.25) is 0 Å². The average Bonchev–Trinajstić information content (AvgIpc) is 2.56. The number of hydrogen-bond acceptors (Lipinski definition) is 3. The molecule has 0 bridgehead atoms. The Morgan fingerprint density at radius 2 is 1.96 bits per heavy atom. The molecule has 1 amide bonds. The molecule has 0 aliphatic carbocycles. The predicted molar refractivity (Wildman–Crippen MR) is 95.4 cm³/mol. The van der Waals surface area contributed by atoms with E-state index in [1.54, 1.807) is 31.4 Å².